The van der Waals surface area contributed by atoms with E-state index in [0.29, 0.717) is 22.9 Å². The maximum atomic E-state index is 12.1. The number of carbonyl (C=O) groups is 1. The molecule has 0 bridgehead atoms. The normalized spacial score (nSPS) is 10.6. The van der Waals surface area contributed by atoms with Crippen LogP contribution in [0.3, 0.4) is 0 Å². The molecular weight excluding hydrogens is 454 g/mol. The molecule has 0 unspecified atom stereocenters. The Kier molecular flexibility index (Phi) is 6.90. The first-order valence-electron chi connectivity index (χ1n) is 7.22. The summed E-state index contributed by atoms with van der Waals surface area (Å²) in [6.07, 6.45) is 3.11. The number of anilines is 1. The van der Waals surface area contributed by atoms with Gasteiger partial charge in [0, 0.05) is 15.0 Å². The van der Waals surface area contributed by atoms with Crippen LogP contribution in [0.15, 0.2) is 45.4 Å². The Morgan fingerprint density at radius 2 is 1.64 bits per heavy atom. The van der Waals surface area contributed by atoms with Crippen LogP contribution >= 0.6 is 31.9 Å². The van der Waals surface area contributed by atoms with Gasteiger partial charge < -0.3 is 19.5 Å². The van der Waals surface area contributed by atoms with E-state index in [0.717, 1.165) is 14.5 Å². The first kappa shape index (κ1) is 19.3. The largest absolute Gasteiger partial charge is 0.493 e. The third-order valence-electron chi connectivity index (χ3n) is 3.30. The summed E-state index contributed by atoms with van der Waals surface area (Å²) in [5.74, 6) is 1.30. The number of hydrogen-bond donors (Lipinski definition) is 1. The number of nitrogens with one attached hydrogen (secondary N) is 1. The maximum Gasteiger partial charge on any atom is 0.248 e. The van der Waals surface area contributed by atoms with E-state index in [1.807, 2.05) is 12.1 Å². The van der Waals surface area contributed by atoms with Crippen molar-refractivity contribution < 1.29 is 19.0 Å². The third-order valence-corrected chi connectivity index (χ3v) is 4.45. The number of halogens is 2. The summed E-state index contributed by atoms with van der Waals surface area (Å²) in [6.45, 7) is 0. The summed E-state index contributed by atoms with van der Waals surface area (Å²) in [5.41, 5.74) is 1.43. The van der Waals surface area contributed by atoms with E-state index in [4.69, 9.17) is 14.2 Å². The zero-order valence-corrected chi connectivity index (χ0v) is 17.1. The average molecular weight is 471 g/mol. The van der Waals surface area contributed by atoms with Crippen molar-refractivity contribution in [2.24, 2.45) is 0 Å². The van der Waals surface area contributed by atoms with Gasteiger partial charge in [0.2, 0.25) is 11.7 Å². The van der Waals surface area contributed by atoms with Gasteiger partial charge in [0.15, 0.2) is 11.5 Å². The lowest BCUT2D eigenvalue weighted by Gasteiger charge is -2.12. The van der Waals surface area contributed by atoms with Gasteiger partial charge in [-0.3, -0.25) is 4.79 Å². The molecule has 0 aliphatic carbocycles. The predicted molar refractivity (Wildman–Crippen MR) is 106 cm³/mol. The molecule has 2 aromatic rings. The fraction of sp³-hybridized carbons (Fsp3) is 0.167. The van der Waals surface area contributed by atoms with Gasteiger partial charge in [0.1, 0.15) is 0 Å². The van der Waals surface area contributed by atoms with Crippen LogP contribution in [0, 0.1) is 0 Å². The summed E-state index contributed by atoms with van der Waals surface area (Å²) < 4.78 is 17.6. The van der Waals surface area contributed by atoms with Crippen LogP contribution in [0.4, 0.5) is 5.69 Å². The highest BCUT2D eigenvalue weighted by atomic mass is 79.9. The minimum absolute atomic E-state index is 0.253. The summed E-state index contributed by atoms with van der Waals surface area (Å²) in [5, 5.41) is 2.81. The summed E-state index contributed by atoms with van der Waals surface area (Å²) >= 11 is 6.78. The van der Waals surface area contributed by atoms with Gasteiger partial charge in [-0.15, -0.1) is 0 Å². The van der Waals surface area contributed by atoms with Crippen molar-refractivity contribution in [3.8, 4) is 17.2 Å². The quantitative estimate of drug-likeness (QED) is 0.610. The molecule has 2 aromatic carbocycles. The number of carbonyl (C=O) groups excluding carboxylic acids is 1. The first-order valence-corrected chi connectivity index (χ1v) is 8.81. The van der Waals surface area contributed by atoms with Gasteiger partial charge in [0.25, 0.3) is 0 Å². The van der Waals surface area contributed by atoms with Gasteiger partial charge >= 0.3 is 0 Å². The van der Waals surface area contributed by atoms with E-state index in [2.05, 4.69) is 37.2 Å². The summed E-state index contributed by atoms with van der Waals surface area (Å²) in [4.78, 5) is 12.1. The fourth-order valence-corrected chi connectivity index (χ4v) is 3.28. The highest BCUT2D eigenvalue weighted by Gasteiger charge is 2.12. The van der Waals surface area contributed by atoms with E-state index in [9.17, 15) is 4.79 Å². The second-order valence-corrected chi connectivity index (χ2v) is 6.68. The number of hydrogen-bond acceptors (Lipinski definition) is 4. The van der Waals surface area contributed by atoms with Crippen LogP contribution in [-0.4, -0.2) is 27.2 Å². The van der Waals surface area contributed by atoms with E-state index in [1.165, 1.54) is 6.08 Å². The van der Waals surface area contributed by atoms with Gasteiger partial charge in [-0.25, -0.2) is 0 Å². The van der Waals surface area contributed by atoms with Crippen molar-refractivity contribution in [3.05, 3.63) is 50.9 Å². The van der Waals surface area contributed by atoms with Crippen LogP contribution in [-0.2, 0) is 4.79 Å². The highest BCUT2D eigenvalue weighted by Crippen LogP contribution is 2.38. The standard InChI is InChI=1S/C18H17Br2NO4/c1-23-15-8-11(9-16(24-2)18(15)25-3)4-7-17(22)21-14-6-5-12(19)10-13(14)20/h4-10H,1-3H3,(H,21,22)/b7-4+. The Hall–Kier alpha value is -1.99. The van der Waals surface area contributed by atoms with Crippen molar-refractivity contribution in [3.63, 3.8) is 0 Å². The molecule has 0 atom stereocenters. The zero-order chi connectivity index (χ0) is 18.4. The molecule has 2 rings (SSSR count). The molecule has 5 nitrogen and oxygen atoms in total. The summed E-state index contributed by atoms with van der Waals surface area (Å²) in [7, 11) is 4.63. The molecular formula is C18H17Br2NO4. The Balaban J connectivity index is 2.19. The molecule has 1 N–H and O–H groups in total. The zero-order valence-electron chi connectivity index (χ0n) is 13.9. The van der Waals surface area contributed by atoms with E-state index in [-0.39, 0.29) is 5.91 Å². The predicted octanol–water partition coefficient (Wildman–Crippen LogP) is 4.89. The smallest absolute Gasteiger partial charge is 0.248 e. The van der Waals surface area contributed by atoms with Crippen LogP contribution in [0.1, 0.15) is 5.56 Å². The topological polar surface area (TPSA) is 56.8 Å². The number of ether oxygens (including phenoxy) is 3. The van der Waals surface area contributed by atoms with Gasteiger partial charge in [0.05, 0.1) is 27.0 Å². The molecule has 7 heteroatoms. The van der Waals surface area contributed by atoms with E-state index in [1.54, 1.807) is 45.6 Å². The first-order chi connectivity index (χ1) is 12.0. The van der Waals surface area contributed by atoms with Crippen LogP contribution < -0.4 is 19.5 Å². The van der Waals surface area contributed by atoms with Crippen molar-refractivity contribution in [2.75, 3.05) is 26.6 Å². The van der Waals surface area contributed by atoms with E-state index < -0.39 is 0 Å². The Morgan fingerprint density at radius 1 is 1.00 bits per heavy atom. The number of amides is 1. The highest BCUT2D eigenvalue weighted by molar-refractivity contribution is 9.11. The average Bonchev–Trinajstić information content (AvgIpc) is 2.61. The van der Waals surface area contributed by atoms with Crippen molar-refractivity contribution in [1.29, 1.82) is 0 Å². The van der Waals surface area contributed by atoms with Crippen molar-refractivity contribution >= 4 is 49.5 Å². The molecule has 132 valence electrons. The lowest BCUT2D eigenvalue weighted by Crippen LogP contribution is -2.08. The van der Waals surface area contributed by atoms with Gasteiger partial charge in [-0.1, -0.05) is 15.9 Å². The Morgan fingerprint density at radius 3 is 2.16 bits per heavy atom. The lowest BCUT2D eigenvalue weighted by atomic mass is 10.1. The molecule has 0 aromatic heterocycles. The molecule has 0 aliphatic heterocycles. The van der Waals surface area contributed by atoms with Crippen LogP contribution in [0.25, 0.3) is 6.08 Å². The Bertz CT molecular complexity index is 781. The van der Waals surface area contributed by atoms with Crippen LogP contribution in [0.5, 0.6) is 17.2 Å². The number of rotatable bonds is 6. The van der Waals surface area contributed by atoms with Crippen molar-refractivity contribution in [2.45, 2.75) is 0 Å². The number of methoxy groups -OCH3 is 3. The fourth-order valence-electron chi connectivity index (χ4n) is 2.13. The molecule has 0 radical (unpaired) electrons. The minimum atomic E-state index is -0.253. The number of benzene rings is 2. The molecule has 0 spiro atoms. The summed E-state index contributed by atoms with van der Waals surface area (Å²) in [6, 6.07) is 9.04. The van der Waals surface area contributed by atoms with Crippen molar-refractivity contribution in [1.82, 2.24) is 0 Å². The molecule has 25 heavy (non-hydrogen) atoms. The van der Waals surface area contributed by atoms with Gasteiger partial charge in [-0.2, -0.15) is 0 Å². The monoisotopic (exact) mass is 469 g/mol. The Labute approximate surface area is 163 Å². The SMILES string of the molecule is COc1cc(/C=C/C(=O)Nc2ccc(Br)cc2Br)cc(OC)c1OC. The molecule has 0 saturated heterocycles. The maximum absolute atomic E-state index is 12.1. The van der Waals surface area contributed by atoms with Crippen LogP contribution in [0.2, 0.25) is 0 Å². The molecule has 0 aliphatic rings. The third kappa shape index (κ3) is 4.99. The minimum Gasteiger partial charge on any atom is -0.493 e. The molecule has 1 amide bonds. The van der Waals surface area contributed by atoms with E-state index >= 15 is 0 Å². The molecule has 0 fully saturated rings. The second kappa shape index (κ2) is 8.92. The molecule has 0 heterocycles. The van der Waals surface area contributed by atoms with Gasteiger partial charge in [-0.05, 0) is 57.9 Å². The lowest BCUT2D eigenvalue weighted by molar-refractivity contribution is -0.111. The second-order valence-electron chi connectivity index (χ2n) is 4.91. The molecule has 0 saturated carbocycles.